The quantitative estimate of drug-likeness (QED) is 0.556. The number of sulfone groups is 1. The largest absolute Gasteiger partial charge is 0.357 e. The van der Waals surface area contributed by atoms with Crippen molar-refractivity contribution in [2.45, 2.75) is 37.8 Å². The predicted octanol–water partition coefficient (Wildman–Crippen LogP) is 2.26. The molecule has 8 heteroatoms. The molecular formula is C21H29N5O2S. The second-order valence-corrected chi connectivity index (χ2v) is 9.35. The van der Waals surface area contributed by atoms with E-state index in [-0.39, 0.29) is 0 Å². The van der Waals surface area contributed by atoms with Crippen LogP contribution in [0.2, 0.25) is 0 Å². The molecule has 0 saturated carbocycles. The SMILES string of the molecule is CN=C(NCc1ccc(N2CCCC2)nc1)NCc1ccc(S(C)(=O)=O)c(C)c1. The van der Waals surface area contributed by atoms with Crippen molar-refractivity contribution in [3.63, 3.8) is 0 Å². The molecule has 1 aromatic carbocycles. The molecular weight excluding hydrogens is 386 g/mol. The van der Waals surface area contributed by atoms with E-state index in [4.69, 9.17) is 0 Å². The van der Waals surface area contributed by atoms with Crippen LogP contribution in [0.1, 0.15) is 29.5 Å². The lowest BCUT2D eigenvalue weighted by atomic mass is 10.1. The Morgan fingerprint density at radius 2 is 1.76 bits per heavy atom. The van der Waals surface area contributed by atoms with Crippen LogP contribution in [0.15, 0.2) is 46.4 Å². The monoisotopic (exact) mass is 415 g/mol. The fraction of sp³-hybridized carbons (Fsp3) is 0.429. The summed E-state index contributed by atoms with van der Waals surface area (Å²) in [5.74, 6) is 1.72. The summed E-state index contributed by atoms with van der Waals surface area (Å²) in [6, 6.07) is 9.53. The molecule has 0 aliphatic carbocycles. The fourth-order valence-corrected chi connectivity index (χ4v) is 4.44. The van der Waals surface area contributed by atoms with Gasteiger partial charge in [0.1, 0.15) is 5.82 Å². The van der Waals surface area contributed by atoms with Gasteiger partial charge in [-0.2, -0.15) is 0 Å². The van der Waals surface area contributed by atoms with Gasteiger partial charge in [0.15, 0.2) is 15.8 Å². The molecule has 0 radical (unpaired) electrons. The number of aryl methyl sites for hydroxylation is 1. The van der Waals surface area contributed by atoms with Gasteiger partial charge in [-0.3, -0.25) is 4.99 Å². The van der Waals surface area contributed by atoms with E-state index >= 15 is 0 Å². The first-order valence-electron chi connectivity index (χ1n) is 9.81. The summed E-state index contributed by atoms with van der Waals surface area (Å²) in [5, 5.41) is 6.54. The van der Waals surface area contributed by atoms with Gasteiger partial charge in [0.05, 0.1) is 4.90 Å². The number of aromatic nitrogens is 1. The Morgan fingerprint density at radius 1 is 1.10 bits per heavy atom. The highest BCUT2D eigenvalue weighted by Crippen LogP contribution is 2.18. The lowest BCUT2D eigenvalue weighted by Crippen LogP contribution is -2.36. The molecule has 2 heterocycles. The molecule has 0 bridgehead atoms. The zero-order chi connectivity index (χ0) is 20.9. The van der Waals surface area contributed by atoms with Gasteiger partial charge in [-0.15, -0.1) is 0 Å². The molecule has 1 fully saturated rings. The van der Waals surface area contributed by atoms with Crippen molar-refractivity contribution in [3.05, 3.63) is 53.2 Å². The number of rotatable bonds is 6. The van der Waals surface area contributed by atoms with Crippen molar-refractivity contribution in [2.24, 2.45) is 4.99 Å². The molecule has 156 valence electrons. The summed E-state index contributed by atoms with van der Waals surface area (Å²) < 4.78 is 23.5. The van der Waals surface area contributed by atoms with E-state index in [0.717, 1.165) is 35.6 Å². The van der Waals surface area contributed by atoms with Gasteiger partial charge in [-0.25, -0.2) is 13.4 Å². The van der Waals surface area contributed by atoms with Crippen LogP contribution < -0.4 is 15.5 Å². The summed E-state index contributed by atoms with van der Waals surface area (Å²) in [4.78, 5) is 11.5. The lowest BCUT2D eigenvalue weighted by Gasteiger charge is -2.17. The van der Waals surface area contributed by atoms with Crippen LogP contribution >= 0.6 is 0 Å². The molecule has 2 aromatic rings. The van der Waals surface area contributed by atoms with Gasteiger partial charge in [0.2, 0.25) is 0 Å². The first-order chi connectivity index (χ1) is 13.9. The number of hydrogen-bond acceptors (Lipinski definition) is 5. The van der Waals surface area contributed by atoms with Crippen LogP contribution in [0.25, 0.3) is 0 Å². The minimum absolute atomic E-state index is 0.369. The average Bonchev–Trinajstić information content (AvgIpc) is 3.22. The second kappa shape index (κ2) is 9.26. The van der Waals surface area contributed by atoms with Crippen LogP contribution in [0, 0.1) is 6.92 Å². The number of nitrogens with zero attached hydrogens (tertiary/aromatic N) is 3. The number of anilines is 1. The zero-order valence-corrected chi connectivity index (χ0v) is 18.1. The first-order valence-corrected chi connectivity index (χ1v) is 11.7. The van der Waals surface area contributed by atoms with Gasteiger partial charge in [-0.1, -0.05) is 18.2 Å². The third-order valence-electron chi connectivity index (χ3n) is 5.02. The molecule has 1 aliphatic rings. The van der Waals surface area contributed by atoms with E-state index in [2.05, 4.69) is 37.6 Å². The molecule has 0 atom stereocenters. The Balaban J connectivity index is 1.52. The van der Waals surface area contributed by atoms with Crippen LogP contribution in [0.4, 0.5) is 5.82 Å². The Bertz CT molecular complexity index is 965. The lowest BCUT2D eigenvalue weighted by molar-refractivity contribution is 0.601. The number of aliphatic imine (C=N–C) groups is 1. The fourth-order valence-electron chi connectivity index (χ4n) is 3.48. The Morgan fingerprint density at radius 3 is 2.31 bits per heavy atom. The molecule has 0 unspecified atom stereocenters. The third-order valence-corrected chi connectivity index (χ3v) is 6.28. The van der Waals surface area contributed by atoms with Crippen LogP contribution in [-0.4, -0.2) is 45.8 Å². The summed E-state index contributed by atoms with van der Waals surface area (Å²) in [6.07, 6.45) is 5.61. The molecule has 0 spiro atoms. The van der Waals surface area contributed by atoms with E-state index in [1.165, 1.54) is 19.1 Å². The number of guanidine groups is 1. The molecule has 1 aromatic heterocycles. The van der Waals surface area contributed by atoms with Gasteiger partial charge < -0.3 is 15.5 Å². The summed E-state index contributed by atoms with van der Waals surface area (Å²) >= 11 is 0. The van der Waals surface area contributed by atoms with Gasteiger partial charge in [0.25, 0.3) is 0 Å². The molecule has 3 rings (SSSR count). The Hall–Kier alpha value is -2.61. The summed E-state index contributed by atoms with van der Waals surface area (Å²) in [6.45, 7) is 5.17. The average molecular weight is 416 g/mol. The van der Waals surface area contributed by atoms with Crippen molar-refractivity contribution in [3.8, 4) is 0 Å². The van der Waals surface area contributed by atoms with Gasteiger partial charge in [-0.05, 0) is 48.6 Å². The van der Waals surface area contributed by atoms with Crippen molar-refractivity contribution >= 4 is 21.6 Å². The Kier molecular flexibility index (Phi) is 6.74. The Labute approximate surface area is 173 Å². The molecule has 29 heavy (non-hydrogen) atoms. The van der Waals surface area contributed by atoms with Crippen molar-refractivity contribution in [2.75, 3.05) is 31.3 Å². The maximum Gasteiger partial charge on any atom is 0.191 e. The van der Waals surface area contributed by atoms with Crippen molar-refractivity contribution in [1.29, 1.82) is 0 Å². The van der Waals surface area contributed by atoms with Gasteiger partial charge in [0, 0.05) is 45.7 Å². The van der Waals surface area contributed by atoms with E-state index in [1.54, 1.807) is 13.1 Å². The number of benzene rings is 1. The highest BCUT2D eigenvalue weighted by Gasteiger charge is 2.13. The zero-order valence-electron chi connectivity index (χ0n) is 17.3. The van der Waals surface area contributed by atoms with E-state index in [0.29, 0.717) is 23.9 Å². The third kappa shape index (κ3) is 5.69. The predicted molar refractivity (Wildman–Crippen MR) is 117 cm³/mol. The number of hydrogen-bond donors (Lipinski definition) is 2. The van der Waals surface area contributed by atoms with Crippen LogP contribution in [0.5, 0.6) is 0 Å². The minimum atomic E-state index is -3.20. The van der Waals surface area contributed by atoms with Crippen LogP contribution in [-0.2, 0) is 22.9 Å². The highest BCUT2D eigenvalue weighted by molar-refractivity contribution is 7.90. The minimum Gasteiger partial charge on any atom is -0.357 e. The number of pyridine rings is 1. The van der Waals surface area contributed by atoms with Crippen LogP contribution in [0.3, 0.4) is 0 Å². The maximum atomic E-state index is 11.7. The second-order valence-electron chi connectivity index (χ2n) is 7.37. The first kappa shape index (κ1) is 21.1. The van der Waals surface area contributed by atoms with Crippen molar-refractivity contribution in [1.82, 2.24) is 15.6 Å². The smallest absolute Gasteiger partial charge is 0.191 e. The summed E-state index contributed by atoms with van der Waals surface area (Å²) in [7, 11) is -1.48. The molecule has 1 saturated heterocycles. The maximum absolute atomic E-state index is 11.7. The van der Waals surface area contributed by atoms with E-state index in [9.17, 15) is 8.42 Å². The van der Waals surface area contributed by atoms with Crippen molar-refractivity contribution < 1.29 is 8.42 Å². The topological polar surface area (TPSA) is 86.7 Å². The van der Waals surface area contributed by atoms with E-state index < -0.39 is 9.84 Å². The van der Waals surface area contributed by atoms with Gasteiger partial charge >= 0.3 is 0 Å². The normalized spacial score (nSPS) is 14.9. The highest BCUT2D eigenvalue weighted by atomic mass is 32.2. The summed E-state index contributed by atoms with van der Waals surface area (Å²) in [5.41, 5.74) is 2.83. The number of nitrogens with one attached hydrogen (secondary N) is 2. The molecule has 7 nitrogen and oxygen atoms in total. The molecule has 2 N–H and O–H groups in total. The molecule has 0 amide bonds. The standard InChI is InChI=1S/C21H29N5O2S/c1-16-12-17(6-8-19(16)29(3,27)28)13-24-21(22-2)25-15-18-7-9-20(23-14-18)26-10-4-5-11-26/h6-9,12,14H,4-5,10-11,13,15H2,1-3H3,(H2,22,24,25). The molecule has 1 aliphatic heterocycles. The van der Waals surface area contributed by atoms with E-state index in [1.807, 2.05) is 25.3 Å².